The molecule has 0 spiro atoms. The van der Waals surface area contributed by atoms with Crippen LogP contribution >= 0.6 is 11.3 Å². The third kappa shape index (κ3) is 2.86. The van der Waals surface area contributed by atoms with Gasteiger partial charge in [0.05, 0.1) is 28.4 Å². The standard InChI is InChI=1S/C19H13N3OS/c1-3-11-22-17-13(2)5-4-6-16(17)24-19(22)21-18(23)15-9-7-14(12-20)8-10-15/h1,4-10H,11H2,2H3. The Hall–Kier alpha value is -3.15. The molecular formula is C19H13N3OS. The number of aromatic nitrogens is 1. The number of rotatable bonds is 2. The quantitative estimate of drug-likeness (QED) is 0.677. The van der Waals surface area contributed by atoms with Gasteiger partial charge in [-0.2, -0.15) is 10.3 Å². The molecule has 2 aromatic carbocycles. The fourth-order valence-corrected chi connectivity index (χ4v) is 3.58. The number of terminal acetylenes is 1. The molecule has 3 rings (SSSR count). The highest BCUT2D eigenvalue weighted by atomic mass is 32.1. The minimum Gasteiger partial charge on any atom is -0.304 e. The summed E-state index contributed by atoms with van der Waals surface area (Å²) < 4.78 is 2.92. The maximum atomic E-state index is 12.4. The van der Waals surface area contributed by atoms with Crippen LogP contribution in [0.25, 0.3) is 10.2 Å². The van der Waals surface area contributed by atoms with Crippen molar-refractivity contribution in [2.75, 3.05) is 0 Å². The number of carbonyl (C=O) groups is 1. The van der Waals surface area contributed by atoms with Gasteiger partial charge in [0.1, 0.15) is 0 Å². The van der Waals surface area contributed by atoms with Crippen molar-refractivity contribution < 1.29 is 4.79 Å². The van der Waals surface area contributed by atoms with Gasteiger partial charge in [0.2, 0.25) is 0 Å². The van der Waals surface area contributed by atoms with E-state index >= 15 is 0 Å². The molecule has 0 unspecified atom stereocenters. The van der Waals surface area contributed by atoms with Crippen LogP contribution in [0.2, 0.25) is 0 Å². The first-order chi connectivity index (χ1) is 11.6. The second-order valence-corrected chi connectivity index (χ2v) is 6.21. The molecule has 0 atom stereocenters. The molecule has 0 saturated carbocycles. The summed E-state index contributed by atoms with van der Waals surface area (Å²) in [5.41, 5.74) is 3.04. The third-order valence-corrected chi connectivity index (χ3v) is 4.65. The Labute approximate surface area is 143 Å². The predicted octanol–water partition coefficient (Wildman–Crippen LogP) is 3.26. The van der Waals surface area contributed by atoms with E-state index in [1.807, 2.05) is 35.8 Å². The highest BCUT2D eigenvalue weighted by Gasteiger charge is 2.10. The topological polar surface area (TPSA) is 58.1 Å². The van der Waals surface area contributed by atoms with Crippen LogP contribution < -0.4 is 4.80 Å². The zero-order chi connectivity index (χ0) is 17.1. The van der Waals surface area contributed by atoms with E-state index in [-0.39, 0.29) is 5.91 Å². The second kappa shape index (κ2) is 6.54. The molecule has 0 fully saturated rings. The van der Waals surface area contributed by atoms with Crippen LogP contribution in [-0.4, -0.2) is 10.5 Å². The molecule has 0 radical (unpaired) electrons. The molecule has 0 N–H and O–H groups in total. The molecule has 1 amide bonds. The lowest BCUT2D eigenvalue weighted by atomic mass is 10.1. The normalized spacial score (nSPS) is 11.2. The molecule has 0 aliphatic carbocycles. The number of nitriles is 1. The Balaban J connectivity index is 2.14. The van der Waals surface area contributed by atoms with E-state index in [1.165, 1.54) is 11.3 Å². The van der Waals surface area contributed by atoms with Crippen LogP contribution in [0.5, 0.6) is 0 Å². The van der Waals surface area contributed by atoms with Crippen LogP contribution in [0, 0.1) is 30.6 Å². The molecule has 5 heteroatoms. The van der Waals surface area contributed by atoms with Crippen LogP contribution in [0.3, 0.4) is 0 Å². The Morgan fingerprint density at radius 1 is 1.29 bits per heavy atom. The zero-order valence-electron chi connectivity index (χ0n) is 13.0. The van der Waals surface area contributed by atoms with Crippen LogP contribution in [0.15, 0.2) is 47.5 Å². The molecule has 3 aromatic rings. The number of fused-ring (bicyclic) bond motifs is 1. The summed E-state index contributed by atoms with van der Waals surface area (Å²) in [6.07, 6.45) is 5.48. The third-order valence-electron chi connectivity index (χ3n) is 3.61. The van der Waals surface area contributed by atoms with Crippen molar-refractivity contribution in [3.8, 4) is 18.4 Å². The van der Waals surface area contributed by atoms with Crippen molar-refractivity contribution in [3.05, 3.63) is 64.0 Å². The fourth-order valence-electron chi connectivity index (χ4n) is 2.47. The number of carbonyl (C=O) groups excluding carboxylic acids is 1. The summed E-state index contributed by atoms with van der Waals surface area (Å²) in [6.45, 7) is 2.36. The first-order valence-corrected chi connectivity index (χ1v) is 8.07. The molecular weight excluding hydrogens is 318 g/mol. The lowest BCUT2D eigenvalue weighted by Gasteiger charge is -2.02. The molecule has 0 saturated heterocycles. The average molecular weight is 331 g/mol. The van der Waals surface area contributed by atoms with E-state index in [0.717, 1.165) is 15.8 Å². The van der Waals surface area contributed by atoms with E-state index < -0.39 is 0 Å². The van der Waals surface area contributed by atoms with Crippen LogP contribution in [-0.2, 0) is 6.54 Å². The van der Waals surface area contributed by atoms with Crippen molar-refractivity contribution in [1.29, 1.82) is 5.26 Å². The summed E-state index contributed by atoms with van der Waals surface area (Å²) in [5, 5.41) is 8.83. The molecule has 116 valence electrons. The molecule has 0 aliphatic heterocycles. The van der Waals surface area contributed by atoms with Gasteiger partial charge >= 0.3 is 0 Å². The van der Waals surface area contributed by atoms with E-state index in [4.69, 9.17) is 11.7 Å². The SMILES string of the molecule is C#CCn1c(=NC(=O)c2ccc(C#N)cc2)sc2cccc(C)c21. The second-order valence-electron chi connectivity index (χ2n) is 5.20. The number of amides is 1. The van der Waals surface area contributed by atoms with E-state index in [9.17, 15) is 4.79 Å². The highest BCUT2D eigenvalue weighted by molar-refractivity contribution is 7.16. The maximum Gasteiger partial charge on any atom is 0.279 e. The number of nitrogens with zero attached hydrogens (tertiary/aromatic N) is 3. The number of benzene rings is 2. The Kier molecular flexibility index (Phi) is 4.29. The zero-order valence-corrected chi connectivity index (χ0v) is 13.8. The van der Waals surface area contributed by atoms with Gasteiger partial charge in [0, 0.05) is 5.56 Å². The first-order valence-electron chi connectivity index (χ1n) is 7.25. The average Bonchev–Trinajstić information content (AvgIpc) is 2.94. The molecule has 0 aliphatic rings. The van der Waals surface area contributed by atoms with Gasteiger partial charge in [0.25, 0.3) is 5.91 Å². The van der Waals surface area contributed by atoms with Crippen molar-refractivity contribution in [2.45, 2.75) is 13.5 Å². The fraction of sp³-hybridized carbons (Fsp3) is 0.105. The summed E-state index contributed by atoms with van der Waals surface area (Å²) in [6, 6.07) is 14.4. The van der Waals surface area contributed by atoms with Crippen molar-refractivity contribution in [2.24, 2.45) is 4.99 Å². The number of aryl methyl sites for hydroxylation is 1. The van der Waals surface area contributed by atoms with E-state index in [1.54, 1.807) is 24.3 Å². The van der Waals surface area contributed by atoms with Crippen molar-refractivity contribution >= 4 is 27.5 Å². The summed E-state index contributed by atoms with van der Waals surface area (Å²) >= 11 is 1.44. The van der Waals surface area contributed by atoms with E-state index in [0.29, 0.717) is 22.5 Å². The summed E-state index contributed by atoms with van der Waals surface area (Å²) in [7, 11) is 0. The Morgan fingerprint density at radius 2 is 2.04 bits per heavy atom. The number of hydrogen-bond acceptors (Lipinski definition) is 3. The molecule has 4 nitrogen and oxygen atoms in total. The summed E-state index contributed by atoms with van der Waals surface area (Å²) in [4.78, 5) is 17.2. The molecule has 1 heterocycles. The number of hydrogen-bond donors (Lipinski definition) is 0. The van der Waals surface area contributed by atoms with Gasteiger partial charge < -0.3 is 4.57 Å². The lowest BCUT2D eigenvalue weighted by Crippen LogP contribution is -2.16. The maximum absolute atomic E-state index is 12.4. The van der Waals surface area contributed by atoms with Crippen LogP contribution in [0.1, 0.15) is 21.5 Å². The summed E-state index contributed by atoms with van der Waals surface area (Å²) in [5.74, 6) is 2.27. The van der Waals surface area contributed by atoms with Gasteiger partial charge in [-0.05, 0) is 42.8 Å². The van der Waals surface area contributed by atoms with Gasteiger partial charge in [-0.3, -0.25) is 4.79 Å². The monoisotopic (exact) mass is 331 g/mol. The molecule has 24 heavy (non-hydrogen) atoms. The lowest BCUT2D eigenvalue weighted by molar-refractivity contribution is 0.0998. The first kappa shape index (κ1) is 15.7. The van der Waals surface area contributed by atoms with Crippen molar-refractivity contribution in [1.82, 2.24) is 4.57 Å². The molecule has 0 bridgehead atoms. The highest BCUT2D eigenvalue weighted by Crippen LogP contribution is 2.20. The Bertz CT molecular complexity index is 1070. The minimum atomic E-state index is -0.352. The van der Waals surface area contributed by atoms with E-state index in [2.05, 4.69) is 10.9 Å². The van der Waals surface area contributed by atoms with Gasteiger partial charge in [0.15, 0.2) is 4.80 Å². The Morgan fingerprint density at radius 3 is 2.71 bits per heavy atom. The van der Waals surface area contributed by atoms with Crippen molar-refractivity contribution in [3.63, 3.8) is 0 Å². The number of thiazole rings is 1. The predicted molar refractivity (Wildman–Crippen MR) is 94.4 cm³/mol. The molecule has 1 aromatic heterocycles. The van der Waals surface area contributed by atoms with Gasteiger partial charge in [-0.15, -0.1) is 6.42 Å². The number of para-hydroxylation sites is 1. The van der Waals surface area contributed by atoms with Gasteiger partial charge in [-0.1, -0.05) is 29.4 Å². The minimum absolute atomic E-state index is 0.352. The largest absolute Gasteiger partial charge is 0.304 e. The van der Waals surface area contributed by atoms with Crippen LogP contribution in [0.4, 0.5) is 0 Å². The van der Waals surface area contributed by atoms with Gasteiger partial charge in [-0.25, -0.2) is 0 Å². The smallest absolute Gasteiger partial charge is 0.279 e.